The van der Waals surface area contributed by atoms with Gasteiger partial charge >= 0.3 is 0 Å². The minimum atomic E-state index is 1.10. The molecule has 0 radical (unpaired) electrons. The summed E-state index contributed by atoms with van der Waals surface area (Å²) in [4.78, 5) is 0. The molecule has 0 atom stereocenters. The molecule has 0 saturated heterocycles. The monoisotopic (exact) mass is 267 g/mol. The molecular weight excluding hydrogens is 250 g/mol. The Morgan fingerprint density at radius 2 is 2.00 bits per heavy atom. The molecular formula is C13H18BrN. The maximum atomic E-state index is 3.51. The Morgan fingerprint density at radius 1 is 1.33 bits per heavy atom. The van der Waals surface area contributed by atoms with Crippen LogP contribution < -0.4 is 5.32 Å². The van der Waals surface area contributed by atoms with Crippen molar-refractivity contribution in [1.82, 2.24) is 0 Å². The Bertz CT molecular complexity index is 380. The van der Waals surface area contributed by atoms with Gasteiger partial charge in [0.05, 0.1) is 0 Å². The first-order valence-corrected chi connectivity index (χ1v) is 6.03. The van der Waals surface area contributed by atoms with Gasteiger partial charge in [0.15, 0.2) is 0 Å². The van der Waals surface area contributed by atoms with Crippen molar-refractivity contribution >= 4 is 27.2 Å². The number of nitrogens with one attached hydrogen (secondary N) is 1. The molecule has 0 spiro atoms. The standard InChI is InChI=1S/C13H18BrN/c1-5-9(2)10(3)12-8-11(14)6-7-13(12)15-4/h6-8,15H,5H2,1-4H3/b10-9-. The molecule has 15 heavy (non-hydrogen) atoms. The second kappa shape index (κ2) is 5.36. The first-order valence-electron chi connectivity index (χ1n) is 5.24. The van der Waals surface area contributed by atoms with Crippen LogP contribution in [0.5, 0.6) is 0 Å². The Kier molecular flexibility index (Phi) is 4.40. The molecule has 0 aliphatic rings. The summed E-state index contributed by atoms with van der Waals surface area (Å²) >= 11 is 3.51. The lowest BCUT2D eigenvalue weighted by molar-refractivity contribution is 1.10. The molecule has 1 nitrogen and oxygen atoms in total. The molecule has 0 heterocycles. The van der Waals surface area contributed by atoms with Crippen LogP contribution in [-0.2, 0) is 0 Å². The van der Waals surface area contributed by atoms with Crippen LogP contribution in [0.4, 0.5) is 5.69 Å². The van der Waals surface area contributed by atoms with Crippen LogP contribution in [0, 0.1) is 0 Å². The summed E-state index contributed by atoms with van der Waals surface area (Å²) in [5.74, 6) is 0. The summed E-state index contributed by atoms with van der Waals surface area (Å²) in [6.45, 7) is 6.56. The molecule has 1 rings (SSSR count). The maximum absolute atomic E-state index is 3.51. The van der Waals surface area contributed by atoms with E-state index < -0.39 is 0 Å². The second-order valence-corrected chi connectivity index (χ2v) is 4.61. The van der Waals surface area contributed by atoms with Crippen molar-refractivity contribution in [3.63, 3.8) is 0 Å². The highest BCUT2D eigenvalue weighted by Gasteiger charge is 2.05. The predicted molar refractivity (Wildman–Crippen MR) is 72.2 cm³/mol. The Balaban J connectivity index is 3.28. The van der Waals surface area contributed by atoms with Gasteiger partial charge in [-0.15, -0.1) is 0 Å². The molecule has 0 aliphatic heterocycles. The lowest BCUT2D eigenvalue weighted by Gasteiger charge is -2.12. The summed E-state index contributed by atoms with van der Waals surface area (Å²) in [5.41, 5.74) is 5.27. The zero-order valence-corrected chi connectivity index (χ0v) is 11.4. The fraction of sp³-hybridized carbons (Fsp3) is 0.385. The van der Waals surface area contributed by atoms with E-state index in [0.717, 1.165) is 10.9 Å². The zero-order valence-electron chi connectivity index (χ0n) is 9.82. The van der Waals surface area contributed by atoms with Crippen LogP contribution in [0.2, 0.25) is 0 Å². The van der Waals surface area contributed by atoms with Gasteiger partial charge in [-0.05, 0) is 44.0 Å². The van der Waals surface area contributed by atoms with Crippen LogP contribution in [0.15, 0.2) is 28.2 Å². The van der Waals surface area contributed by atoms with E-state index in [4.69, 9.17) is 0 Å². The van der Waals surface area contributed by atoms with E-state index in [1.165, 1.54) is 22.4 Å². The van der Waals surface area contributed by atoms with Gasteiger partial charge in [0.25, 0.3) is 0 Å². The van der Waals surface area contributed by atoms with E-state index >= 15 is 0 Å². The van der Waals surface area contributed by atoms with E-state index in [9.17, 15) is 0 Å². The predicted octanol–water partition coefficient (Wildman–Crippen LogP) is 4.69. The van der Waals surface area contributed by atoms with E-state index in [2.05, 4.69) is 60.2 Å². The first-order chi connectivity index (χ1) is 7.10. The quantitative estimate of drug-likeness (QED) is 0.838. The fourth-order valence-electron chi connectivity index (χ4n) is 1.54. The van der Waals surface area contributed by atoms with E-state index in [0.29, 0.717) is 0 Å². The Labute approximate surface area is 101 Å². The van der Waals surface area contributed by atoms with Crippen LogP contribution in [0.1, 0.15) is 32.8 Å². The first kappa shape index (κ1) is 12.3. The fourth-order valence-corrected chi connectivity index (χ4v) is 1.90. The van der Waals surface area contributed by atoms with Gasteiger partial charge in [0.2, 0.25) is 0 Å². The minimum Gasteiger partial charge on any atom is -0.388 e. The van der Waals surface area contributed by atoms with Gasteiger partial charge in [-0.25, -0.2) is 0 Å². The van der Waals surface area contributed by atoms with Crippen molar-refractivity contribution in [3.05, 3.63) is 33.8 Å². The van der Waals surface area contributed by atoms with Crippen molar-refractivity contribution in [2.45, 2.75) is 27.2 Å². The van der Waals surface area contributed by atoms with Crippen LogP contribution >= 0.6 is 15.9 Å². The average Bonchev–Trinajstić information content (AvgIpc) is 2.27. The molecule has 0 unspecified atom stereocenters. The van der Waals surface area contributed by atoms with Gasteiger partial charge < -0.3 is 5.32 Å². The van der Waals surface area contributed by atoms with E-state index in [-0.39, 0.29) is 0 Å². The SMILES string of the molecule is CC/C(C)=C(/C)c1cc(Br)ccc1NC. The molecule has 1 aromatic rings. The Hall–Kier alpha value is -0.760. The number of anilines is 1. The summed E-state index contributed by atoms with van der Waals surface area (Å²) in [6, 6.07) is 6.33. The third-order valence-corrected chi connectivity index (χ3v) is 3.32. The van der Waals surface area contributed by atoms with Crippen molar-refractivity contribution in [3.8, 4) is 0 Å². The van der Waals surface area contributed by atoms with Gasteiger partial charge in [-0.1, -0.05) is 28.4 Å². The minimum absolute atomic E-state index is 1.10. The number of allylic oxidation sites excluding steroid dienone is 2. The smallest absolute Gasteiger partial charge is 0.0414 e. The number of benzene rings is 1. The molecule has 0 fully saturated rings. The highest BCUT2D eigenvalue weighted by molar-refractivity contribution is 9.10. The number of hydrogen-bond acceptors (Lipinski definition) is 1. The molecule has 1 aromatic carbocycles. The summed E-state index contributed by atoms with van der Waals surface area (Å²) in [5, 5.41) is 3.23. The summed E-state index contributed by atoms with van der Waals surface area (Å²) in [6.07, 6.45) is 1.10. The van der Waals surface area contributed by atoms with Gasteiger partial charge in [-0.3, -0.25) is 0 Å². The lowest BCUT2D eigenvalue weighted by Crippen LogP contribution is -1.95. The van der Waals surface area contributed by atoms with Crippen molar-refractivity contribution in [2.75, 3.05) is 12.4 Å². The zero-order chi connectivity index (χ0) is 11.4. The molecule has 0 bridgehead atoms. The molecule has 0 aromatic heterocycles. The number of hydrogen-bond donors (Lipinski definition) is 1. The topological polar surface area (TPSA) is 12.0 Å². The molecule has 1 N–H and O–H groups in total. The van der Waals surface area contributed by atoms with Crippen LogP contribution in [-0.4, -0.2) is 7.05 Å². The molecule has 2 heteroatoms. The second-order valence-electron chi connectivity index (χ2n) is 3.70. The molecule has 82 valence electrons. The number of halogens is 1. The largest absolute Gasteiger partial charge is 0.388 e. The lowest BCUT2D eigenvalue weighted by atomic mass is 9.99. The maximum Gasteiger partial charge on any atom is 0.0414 e. The molecule has 0 aliphatic carbocycles. The van der Waals surface area contributed by atoms with Gasteiger partial charge in [-0.2, -0.15) is 0 Å². The molecule has 0 saturated carbocycles. The Morgan fingerprint density at radius 3 is 2.53 bits per heavy atom. The van der Waals surface area contributed by atoms with Crippen molar-refractivity contribution in [1.29, 1.82) is 0 Å². The molecule has 0 amide bonds. The summed E-state index contributed by atoms with van der Waals surface area (Å²) < 4.78 is 1.12. The third-order valence-electron chi connectivity index (χ3n) is 2.83. The number of rotatable bonds is 3. The van der Waals surface area contributed by atoms with Gasteiger partial charge in [0.1, 0.15) is 0 Å². The highest BCUT2D eigenvalue weighted by Crippen LogP contribution is 2.29. The van der Waals surface area contributed by atoms with E-state index in [1.54, 1.807) is 0 Å². The van der Waals surface area contributed by atoms with Crippen LogP contribution in [0.3, 0.4) is 0 Å². The average molecular weight is 268 g/mol. The van der Waals surface area contributed by atoms with Crippen molar-refractivity contribution < 1.29 is 0 Å². The van der Waals surface area contributed by atoms with Crippen LogP contribution in [0.25, 0.3) is 5.57 Å². The highest BCUT2D eigenvalue weighted by atomic mass is 79.9. The summed E-state index contributed by atoms with van der Waals surface area (Å²) in [7, 11) is 1.96. The normalized spacial score (nSPS) is 12.3. The van der Waals surface area contributed by atoms with Gasteiger partial charge in [0, 0.05) is 22.8 Å². The van der Waals surface area contributed by atoms with E-state index in [1.807, 2.05) is 7.05 Å². The van der Waals surface area contributed by atoms with Crippen molar-refractivity contribution in [2.24, 2.45) is 0 Å². The third kappa shape index (κ3) is 2.85.